The predicted molar refractivity (Wildman–Crippen MR) is 129 cm³/mol. The number of unbranched alkanes of at least 4 members (excludes halogenated alkanes) is 15. The van der Waals surface area contributed by atoms with Crippen molar-refractivity contribution in [1.82, 2.24) is 0 Å². The van der Waals surface area contributed by atoms with Crippen molar-refractivity contribution in [2.24, 2.45) is 0 Å². The van der Waals surface area contributed by atoms with E-state index in [9.17, 15) is 13.0 Å². The van der Waals surface area contributed by atoms with Gasteiger partial charge in [0.1, 0.15) is 0 Å². The van der Waals surface area contributed by atoms with Crippen molar-refractivity contribution in [2.75, 3.05) is 0 Å². The van der Waals surface area contributed by atoms with Crippen LogP contribution in [0.2, 0.25) is 0 Å². The Kier molecular flexibility index (Phi) is 14.4. The van der Waals surface area contributed by atoms with Crippen LogP contribution in [0.15, 0.2) is 17.0 Å². The average Bonchev–Trinajstić information content (AvgIpc) is 2.69. The summed E-state index contributed by atoms with van der Waals surface area (Å²) in [7, 11) is -4.12. The van der Waals surface area contributed by atoms with Gasteiger partial charge in [0.2, 0.25) is 0 Å². The van der Waals surface area contributed by atoms with Crippen LogP contribution in [0, 0.1) is 13.8 Å². The van der Waals surface area contributed by atoms with E-state index in [4.69, 9.17) is 0 Å². The van der Waals surface area contributed by atoms with Gasteiger partial charge in [0, 0.05) is 0 Å². The van der Waals surface area contributed by atoms with Crippen LogP contribution in [0.5, 0.6) is 0 Å². The maximum atomic E-state index is 11.4. The van der Waals surface area contributed by atoms with Crippen LogP contribution in [0.4, 0.5) is 0 Å². The minimum absolute atomic E-state index is 0.0377. The van der Waals surface area contributed by atoms with Crippen LogP contribution in [0.3, 0.4) is 0 Å². The molecule has 0 aliphatic rings. The van der Waals surface area contributed by atoms with E-state index in [0.717, 1.165) is 18.4 Å². The van der Waals surface area contributed by atoms with Crippen LogP contribution in [-0.4, -0.2) is 13.0 Å². The van der Waals surface area contributed by atoms with Gasteiger partial charge in [0.15, 0.2) is 0 Å². The first-order valence-electron chi connectivity index (χ1n) is 12.4. The lowest BCUT2D eigenvalue weighted by molar-refractivity contribution is 0.482. The van der Waals surface area contributed by atoms with Crippen molar-refractivity contribution in [3.8, 4) is 0 Å². The zero-order chi connectivity index (χ0) is 22.2. The highest BCUT2D eigenvalue weighted by Crippen LogP contribution is 2.23. The van der Waals surface area contributed by atoms with Crippen LogP contribution >= 0.6 is 0 Å². The van der Waals surface area contributed by atoms with Gasteiger partial charge in [-0.1, -0.05) is 109 Å². The lowest BCUT2D eigenvalue weighted by Crippen LogP contribution is -2.04. The Morgan fingerprint density at radius 3 is 1.43 bits per heavy atom. The summed E-state index contributed by atoms with van der Waals surface area (Å²) in [5.41, 5.74) is 2.86. The Balaban J connectivity index is 2.00. The van der Waals surface area contributed by atoms with Gasteiger partial charge in [0.05, 0.1) is 4.90 Å². The second-order valence-corrected chi connectivity index (χ2v) is 10.4. The van der Waals surface area contributed by atoms with Crippen molar-refractivity contribution in [1.29, 1.82) is 0 Å². The van der Waals surface area contributed by atoms with Crippen molar-refractivity contribution in [2.45, 2.75) is 135 Å². The normalized spacial score (nSPS) is 11.9. The SMILES string of the molecule is CCCCCCCCCCCCCCCCCCc1ccc(S(=O)(=O)O)c(C)c1C. The molecule has 1 aromatic rings. The van der Waals surface area contributed by atoms with Crippen molar-refractivity contribution in [3.05, 3.63) is 28.8 Å². The van der Waals surface area contributed by atoms with E-state index in [0.29, 0.717) is 5.56 Å². The first kappa shape index (κ1) is 27.2. The van der Waals surface area contributed by atoms with E-state index in [1.54, 1.807) is 13.0 Å². The van der Waals surface area contributed by atoms with E-state index < -0.39 is 10.1 Å². The quantitative estimate of drug-likeness (QED) is 0.185. The highest BCUT2D eigenvalue weighted by atomic mass is 32.2. The Hall–Kier alpha value is -0.870. The summed E-state index contributed by atoms with van der Waals surface area (Å²) < 4.78 is 32.1. The molecule has 0 aliphatic heterocycles. The zero-order valence-corrected chi connectivity index (χ0v) is 20.7. The fraction of sp³-hybridized carbons (Fsp3) is 0.769. The van der Waals surface area contributed by atoms with E-state index in [1.807, 2.05) is 13.0 Å². The van der Waals surface area contributed by atoms with E-state index >= 15 is 0 Å². The predicted octanol–water partition coefficient (Wildman–Crippen LogP) is 8.35. The summed E-state index contributed by atoms with van der Waals surface area (Å²) in [4.78, 5) is 0.0377. The molecule has 0 aromatic heterocycles. The molecule has 1 rings (SSSR count). The molecule has 1 aromatic carbocycles. The smallest absolute Gasteiger partial charge is 0.282 e. The van der Waals surface area contributed by atoms with Gasteiger partial charge >= 0.3 is 0 Å². The largest absolute Gasteiger partial charge is 0.294 e. The molecule has 0 unspecified atom stereocenters. The van der Waals surface area contributed by atoms with Crippen LogP contribution < -0.4 is 0 Å². The van der Waals surface area contributed by atoms with Gasteiger partial charge in [0.25, 0.3) is 10.1 Å². The molecule has 0 fully saturated rings. The first-order chi connectivity index (χ1) is 14.4. The molecule has 0 heterocycles. The topological polar surface area (TPSA) is 54.4 Å². The highest BCUT2D eigenvalue weighted by molar-refractivity contribution is 7.85. The van der Waals surface area contributed by atoms with Crippen molar-refractivity contribution < 1.29 is 13.0 Å². The van der Waals surface area contributed by atoms with Gasteiger partial charge in [-0.25, -0.2) is 0 Å². The standard InChI is InChI=1S/C26H46O3S/c1-4-5-6-7-8-9-10-11-12-13-14-15-16-17-18-19-20-25-21-22-26(30(27,28)29)24(3)23(25)2/h21-22H,4-20H2,1-3H3,(H,27,28,29). The summed E-state index contributed by atoms with van der Waals surface area (Å²) >= 11 is 0. The Bertz CT molecular complexity index is 680. The third kappa shape index (κ3) is 11.5. The number of benzene rings is 1. The average molecular weight is 439 g/mol. The molecule has 0 aliphatic carbocycles. The maximum Gasteiger partial charge on any atom is 0.294 e. The van der Waals surface area contributed by atoms with Gasteiger partial charge < -0.3 is 0 Å². The Morgan fingerprint density at radius 2 is 1.03 bits per heavy atom. The molecule has 3 nitrogen and oxygen atoms in total. The number of hydrogen-bond acceptors (Lipinski definition) is 2. The summed E-state index contributed by atoms with van der Waals surface area (Å²) in [6.45, 7) is 6.00. The lowest BCUT2D eigenvalue weighted by Gasteiger charge is -2.12. The van der Waals surface area contributed by atoms with E-state index in [-0.39, 0.29) is 4.90 Å². The summed E-state index contributed by atoms with van der Waals surface area (Å²) in [6.07, 6.45) is 22.8. The molecule has 0 amide bonds. The molecule has 0 saturated carbocycles. The monoisotopic (exact) mass is 438 g/mol. The highest BCUT2D eigenvalue weighted by Gasteiger charge is 2.15. The molecule has 30 heavy (non-hydrogen) atoms. The number of rotatable bonds is 18. The summed E-state index contributed by atoms with van der Waals surface area (Å²) in [5.74, 6) is 0. The van der Waals surface area contributed by atoms with Crippen molar-refractivity contribution >= 4 is 10.1 Å². The molecule has 0 atom stereocenters. The van der Waals surface area contributed by atoms with Crippen LogP contribution in [0.1, 0.15) is 126 Å². The first-order valence-corrected chi connectivity index (χ1v) is 13.9. The molecule has 174 valence electrons. The van der Waals surface area contributed by atoms with E-state index in [2.05, 4.69) is 6.92 Å². The molecule has 0 radical (unpaired) electrons. The fourth-order valence-electron chi connectivity index (χ4n) is 4.27. The number of aryl methyl sites for hydroxylation is 1. The molecule has 1 N–H and O–H groups in total. The van der Waals surface area contributed by atoms with Gasteiger partial charge in [-0.2, -0.15) is 8.42 Å². The Labute approximate surface area is 186 Å². The molecule has 0 saturated heterocycles. The molecular formula is C26H46O3S. The second-order valence-electron chi connectivity index (χ2n) is 9.00. The molecule has 4 heteroatoms. The third-order valence-corrected chi connectivity index (χ3v) is 7.43. The van der Waals surface area contributed by atoms with Gasteiger partial charge in [-0.15, -0.1) is 0 Å². The van der Waals surface area contributed by atoms with Gasteiger partial charge in [-0.05, 0) is 49.4 Å². The summed E-state index contributed by atoms with van der Waals surface area (Å²) in [5, 5.41) is 0. The minimum Gasteiger partial charge on any atom is -0.282 e. The molecular weight excluding hydrogens is 392 g/mol. The van der Waals surface area contributed by atoms with Crippen LogP contribution in [0.25, 0.3) is 0 Å². The van der Waals surface area contributed by atoms with Crippen molar-refractivity contribution in [3.63, 3.8) is 0 Å². The lowest BCUT2D eigenvalue weighted by atomic mass is 9.98. The third-order valence-electron chi connectivity index (χ3n) is 6.43. The van der Waals surface area contributed by atoms with E-state index in [1.165, 1.54) is 102 Å². The van der Waals surface area contributed by atoms with Crippen LogP contribution in [-0.2, 0) is 16.5 Å². The Morgan fingerprint density at radius 1 is 0.633 bits per heavy atom. The second kappa shape index (κ2) is 15.9. The number of hydrogen-bond donors (Lipinski definition) is 1. The fourth-order valence-corrected chi connectivity index (χ4v) is 5.05. The zero-order valence-electron chi connectivity index (χ0n) is 19.8. The minimum atomic E-state index is -4.12. The van der Waals surface area contributed by atoms with Gasteiger partial charge in [-0.3, -0.25) is 4.55 Å². The molecule has 0 bridgehead atoms. The maximum absolute atomic E-state index is 11.4. The molecule has 0 spiro atoms. The summed E-state index contributed by atoms with van der Waals surface area (Å²) in [6, 6.07) is 3.40.